The van der Waals surface area contributed by atoms with Crippen LogP contribution in [-0.2, 0) is 31.1 Å². The SMILES string of the molecule is CC(Cc1noc(=O)[nH]1)NC(=O)CNS(=O)(=O)c1cccc(S(C)(=O)=O)c1. The van der Waals surface area contributed by atoms with Crippen molar-refractivity contribution in [3.8, 4) is 0 Å². The number of sulfonamides is 1. The molecule has 2 aromatic rings. The van der Waals surface area contributed by atoms with Crippen LogP contribution in [0.3, 0.4) is 0 Å². The largest absolute Gasteiger partial charge is 0.438 e. The normalized spacial score (nSPS) is 13.3. The van der Waals surface area contributed by atoms with Gasteiger partial charge in [-0.05, 0) is 25.1 Å². The molecule has 0 aliphatic carbocycles. The van der Waals surface area contributed by atoms with Gasteiger partial charge in [0.15, 0.2) is 15.7 Å². The van der Waals surface area contributed by atoms with E-state index in [4.69, 9.17) is 0 Å². The summed E-state index contributed by atoms with van der Waals surface area (Å²) in [5, 5.41) is 5.99. The summed E-state index contributed by atoms with van der Waals surface area (Å²) in [5.74, 6) is -1.09. The van der Waals surface area contributed by atoms with Crippen LogP contribution in [0.25, 0.3) is 0 Å². The van der Waals surface area contributed by atoms with Gasteiger partial charge in [0.2, 0.25) is 15.9 Å². The first kappa shape index (κ1) is 20.8. The number of benzene rings is 1. The minimum atomic E-state index is -4.08. The number of hydrogen-bond donors (Lipinski definition) is 3. The fourth-order valence-corrected chi connectivity index (χ4v) is 3.90. The van der Waals surface area contributed by atoms with Crippen molar-refractivity contribution in [3.63, 3.8) is 0 Å². The van der Waals surface area contributed by atoms with Crippen molar-refractivity contribution in [1.29, 1.82) is 0 Å². The van der Waals surface area contributed by atoms with Gasteiger partial charge in [-0.2, -0.15) is 0 Å². The molecular formula is C14H18N4O7S2. The predicted molar refractivity (Wildman–Crippen MR) is 93.2 cm³/mol. The average Bonchev–Trinajstić information content (AvgIpc) is 2.97. The number of rotatable bonds is 8. The quantitative estimate of drug-likeness (QED) is 0.480. The van der Waals surface area contributed by atoms with Crippen molar-refractivity contribution in [2.45, 2.75) is 29.2 Å². The highest BCUT2D eigenvalue weighted by atomic mass is 32.2. The highest BCUT2D eigenvalue weighted by Crippen LogP contribution is 2.15. The summed E-state index contributed by atoms with van der Waals surface area (Å²) in [7, 11) is -7.65. The molecule has 0 spiro atoms. The average molecular weight is 418 g/mol. The van der Waals surface area contributed by atoms with Crippen molar-refractivity contribution in [1.82, 2.24) is 20.2 Å². The van der Waals surface area contributed by atoms with Crippen LogP contribution >= 0.6 is 0 Å². The molecular weight excluding hydrogens is 400 g/mol. The summed E-state index contributed by atoms with van der Waals surface area (Å²) < 4.78 is 54.0. The van der Waals surface area contributed by atoms with Gasteiger partial charge in [0, 0.05) is 18.7 Å². The van der Waals surface area contributed by atoms with E-state index in [0.29, 0.717) is 0 Å². The lowest BCUT2D eigenvalue weighted by Crippen LogP contribution is -2.41. The third-order valence-electron chi connectivity index (χ3n) is 3.36. The Labute approximate surface area is 155 Å². The zero-order chi connectivity index (χ0) is 20.2. The van der Waals surface area contributed by atoms with Crippen molar-refractivity contribution >= 4 is 25.8 Å². The molecule has 0 bridgehead atoms. The fraction of sp³-hybridized carbons (Fsp3) is 0.357. The van der Waals surface area contributed by atoms with Gasteiger partial charge in [-0.15, -0.1) is 0 Å². The second-order valence-corrected chi connectivity index (χ2v) is 9.57. The summed E-state index contributed by atoms with van der Waals surface area (Å²) in [5.41, 5.74) is 0. The number of nitrogens with zero attached hydrogens (tertiary/aromatic N) is 1. The molecule has 27 heavy (non-hydrogen) atoms. The summed E-state index contributed by atoms with van der Waals surface area (Å²) in [6.07, 6.45) is 1.14. The van der Waals surface area contributed by atoms with Crippen LogP contribution in [0.4, 0.5) is 0 Å². The molecule has 0 radical (unpaired) electrons. The number of aromatic nitrogens is 2. The molecule has 0 aliphatic rings. The van der Waals surface area contributed by atoms with Crippen molar-refractivity contribution in [2.75, 3.05) is 12.8 Å². The van der Waals surface area contributed by atoms with Gasteiger partial charge in [-0.1, -0.05) is 11.2 Å². The number of aromatic amines is 1. The third-order valence-corrected chi connectivity index (χ3v) is 5.87. The van der Waals surface area contributed by atoms with Crippen LogP contribution in [0.15, 0.2) is 43.4 Å². The van der Waals surface area contributed by atoms with Gasteiger partial charge in [-0.3, -0.25) is 14.3 Å². The Bertz CT molecular complexity index is 1090. The van der Waals surface area contributed by atoms with Gasteiger partial charge in [0.25, 0.3) is 0 Å². The van der Waals surface area contributed by atoms with E-state index in [1.54, 1.807) is 6.92 Å². The maximum absolute atomic E-state index is 12.2. The van der Waals surface area contributed by atoms with Crippen LogP contribution in [0.5, 0.6) is 0 Å². The molecule has 1 aromatic heterocycles. The molecule has 1 atom stereocenters. The zero-order valence-corrected chi connectivity index (χ0v) is 16.1. The highest BCUT2D eigenvalue weighted by molar-refractivity contribution is 7.91. The van der Waals surface area contributed by atoms with Crippen LogP contribution in [-0.4, -0.2) is 51.7 Å². The second kappa shape index (κ2) is 8.02. The van der Waals surface area contributed by atoms with Crippen molar-refractivity contribution < 1.29 is 26.2 Å². The molecule has 2 rings (SSSR count). The predicted octanol–water partition coefficient (Wildman–Crippen LogP) is -1.21. The van der Waals surface area contributed by atoms with Gasteiger partial charge >= 0.3 is 5.76 Å². The molecule has 11 nitrogen and oxygen atoms in total. The number of H-pyrrole nitrogens is 1. The lowest BCUT2D eigenvalue weighted by molar-refractivity contribution is -0.120. The Balaban J connectivity index is 1.96. The number of nitrogens with one attached hydrogen (secondary N) is 3. The molecule has 0 saturated carbocycles. The first-order valence-corrected chi connectivity index (χ1v) is 11.0. The number of sulfone groups is 1. The molecule has 1 unspecified atom stereocenters. The maximum atomic E-state index is 12.2. The van der Waals surface area contributed by atoms with E-state index < -0.39 is 44.1 Å². The summed E-state index contributed by atoms with van der Waals surface area (Å²) in [6.45, 7) is 1.08. The van der Waals surface area contributed by atoms with Crippen LogP contribution in [0, 0.1) is 0 Å². The Morgan fingerprint density at radius 1 is 1.26 bits per heavy atom. The van der Waals surface area contributed by atoms with Crippen LogP contribution in [0.2, 0.25) is 0 Å². The van der Waals surface area contributed by atoms with E-state index in [9.17, 15) is 26.4 Å². The minimum absolute atomic E-state index is 0.148. The Morgan fingerprint density at radius 2 is 1.93 bits per heavy atom. The Morgan fingerprint density at radius 3 is 2.52 bits per heavy atom. The molecule has 0 saturated heterocycles. The second-order valence-electron chi connectivity index (χ2n) is 5.79. The summed E-state index contributed by atoms with van der Waals surface area (Å²) >= 11 is 0. The monoisotopic (exact) mass is 418 g/mol. The molecule has 0 aliphatic heterocycles. The molecule has 3 N–H and O–H groups in total. The highest BCUT2D eigenvalue weighted by Gasteiger charge is 2.19. The Hall–Kier alpha value is -2.51. The van der Waals surface area contributed by atoms with Gasteiger partial charge in [0.05, 0.1) is 16.3 Å². The number of carbonyl (C=O) groups excluding carboxylic acids is 1. The van der Waals surface area contributed by atoms with E-state index in [1.165, 1.54) is 18.2 Å². The lowest BCUT2D eigenvalue weighted by Gasteiger charge is -2.13. The third kappa shape index (κ3) is 6.01. The molecule has 13 heteroatoms. The number of carbonyl (C=O) groups is 1. The first-order valence-electron chi connectivity index (χ1n) is 7.61. The number of hydrogen-bond acceptors (Lipinski definition) is 8. The molecule has 0 fully saturated rings. The zero-order valence-electron chi connectivity index (χ0n) is 14.4. The van der Waals surface area contributed by atoms with E-state index in [2.05, 4.69) is 24.7 Å². The Kier molecular flexibility index (Phi) is 6.18. The van der Waals surface area contributed by atoms with Gasteiger partial charge < -0.3 is 5.32 Å². The molecule has 148 valence electrons. The summed E-state index contributed by atoms with van der Waals surface area (Å²) in [4.78, 5) is 24.7. The molecule has 1 heterocycles. The summed E-state index contributed by atoms with van der Waals surface area (Å²) in [6, 6.07) is 4.36. The van der Waals surface area contributed by atoms with E-state index in [-0.39, 0.29) is 22.0 Å². The number of amides is 1. The van der Waals surface area contributed by atoms with Gasteiger partial charge in [0.1, 0.15) is 0 Å². The standard InChI is InChI=1S/C14H18N4O7S2/c1-9(6-12-17-14(20)25-18-12)16-13(19)8-15-27(23,24)11-5-3-4-10(7-11)26(2,21)22/h3-5,7,9,15H,6,8H2,1-2H3,(H,16,19)(H,17,18,20). The molecule has 1 amide bonds. The minimum Gasteiger partial charge on any atom is -0.352 e. The van der Waals surface area contributed by atoms with Crippen molar-refractivity contribution in [2.24, 2.45) is 0 Å². The van der Waals surface area contributed by atoms with Crippen molar-refractivity contribution in [3.05, 3.63) is 40.6 Å². The maximum Gasteiger partial charge on any atom is 0.438 e. The van der Waals surface area contributed by atoms with E-state index >= 15 is 0 Å². The van der Waals surface area contributed by atoms with Crippen LogP contribution in [0.1, 0.15) is 12.7 Å². The fourth-order valence-electron chi connectivity index (χ4n) is 2.13. The van der Waals surface area contributed by atoms with Crippen LogP contribution < -0.4 is 15.8 Å². The molecule has 1 aromatic carbocycles. The lowest BCUT2D eigenvalue weighted by atomic mass is 10.2. The van der Waals surface area contributed by atoms with E-state index in [0.717, 1.165) is 12.3 Å². The first-order chi connectivity index (χ1) is 12.5. The van der Waals surface area contributed by atoms with Gasteiger partial charge in [-0.25, -0.2) is 26.4 Å². The smallest absolute Gasteiger partial charge is 0.352 e. The van der Waals surface area contributed by atoms with E-state index in [1.807, 2.05) is 0 Å². The topological polar surface area (TPSA) is 168 Å².